The number of nitrogens with zero attached hydrogens (tertiary/aromatic N) is 4. The molecule has 9 nitrogen and oxygen atoms in total. The molecule has 0 bridgehead atoms. The van der Waals surface area contributed by atoms with Crippen LogP contribution in [0.25, 0.3) is 11.2 Å². The van der Waals surface area contributed by atoms with Crippen molar-refractivity contribution in [3.63, 3.8) is 0 Å². The fraction of sp³-hybridized carbons (Fsp3) is 0.667. The molecule has 3 heterocycles. The average molecular weight is 408 g/mol. The molecule has 3 N–H and O–H groups in total. The number of carboxylic acid groups (broad SMARTS) is 1. The Labute approximate surface area is 165 Å². The molecule has 0 amide bonds. The van der Waals surface area contributed by atoms with Gasteiger partial charge >= 0.3 is 5.97 Å². The van der Waals surface area contributed by atoms with E-state index < -0.39 is 14.3 Å². The van der Waals surface area contributed by atoms with Gasteiger partial charge in [0.2, 0.25) is 0 Å². The van der Waals surface area contributed by atoms with Crippen molar-refractivity contribution in [1.29, 1.82) is 0 Å². The van der Waals surface area contributed by atoms with Gasteiger partial charge in [0, 0.05) is 12.8 Å². The van der Waals surface area contributed by atoms with Crippen molar-refractivity contribution >= 4 is 31.3 Å². The maximum absolute atomic E-state index is 11.1. The first-order valence-corrected chi connectivity index (χ1v) is 12.4. The van der Waals surface area contributed by atoms with Crippen molar-refractivity contribution in [2.24, 2.45) is 0 Å². The Morgan fingerprint density at radius 2 is 2.11 bits per heavy atom. The number of rotatable bonds is 6. The summed E-state index contributed by atoms with van der Waals surface area (Å²) >= 11 is 0. The van der Waals surface area contributed by atoms with E-state index in [9.17, 15) is 4.79 Å². The molecular formula is C18H29N5O4Si. The minimum atomic E-state index is -2.04. The van der Waals surface area contributed by atoms with E-state index >= 15 is 0 Å². The van der Waals surface area contributed by atoms with Crippen LogP contribution in [0.4, 0.5) is 5.82 Å². The van der Waals surface area contributed by atoms with E-state index in [1.165, 1.54) is 6.33 Å². The number of carboxylic acids is 1. The quantitative estimate of drug-likeness (QED) is 0.700. The standard InChI is InChI=1S/C18H29N5O4Si/c1-18(2,3)28(4,5)27-12-8-13(26-11(12)6-7-14(24)25)23-10-22-15-16(19)20-9-21-17(15)23/h9-13H,6-8H2,1-5H3,(H,24,25)(H2,19,20,21)/t11-,12+,13-/m1/s1. The van der Waals surface area contributed by atoms with Gasteiger partial charge in [-0.05, 0) is 24.6 Å². The Kier molecular flexibility index (Phi) is 5.48. The number of aromatic nitrogens is 4. The van der Waals surface area contributed by atoms with Crippen molar-refractivity contribution < 1.29 is 19.1 Å². The molecule has 3 rings (SSSR count). The summed E-state index contributed by atoms with van der Waals surface area (Å²) in [6.07, 6.45) is 3.26. The Hall–Kier alpha value is -2.04. The van der Waals surface area contributed by atoms with Crippen LogP contribution in [0.15, 0.2) is 12.7 Å². The lowest BCUT2D eigenvalue weighted by Crippen LogP contribution is -2.46. The predicted molar refractivity (Wildman–Crippen MR) is 107 cm³/mol. The maximum atomic E-state index is 11.1. The number of nitrogens with two attached hydrogens (primary N) is 1. The Bertz CT molecular complexity index is 863. The second-order valence-electron chi connectivity index (χ2n) is 8.80. The molecule has 28 heavy (non-hydrogen) atoms. The van der Waals surface area contributed by atoms with Gasteiger partial charge in [-0.1, -0.05) is 20.8 Å². The molecule has 0 saturated carbocycles. The smallest absolute Gasteiger partial charge is 0.303 e. The highest BCUT2D eigenvalue weighted by Gasteiger charge is 2.45. The lowest BCUT2D eigenvalue weighted by Gasteiger charge is -2.39. The minimum absolute atomic E-state index is 0.0363. The normalized spacial score (nSPS) is 23.4. The highest BCUT2D eigenvalue weighted by atomic mass is 28.4. The molecule has 1 aliphatic rings. The maximum Gasteiger partial charge on any atom is 0.303 e. The summed E-state index contributed by atoms with van der Waals surface area (Å²) < 4.78 is 14.7. The third kappa shape index (κ3) is 4.03. The summed E-state index contributed by atoms with van der Waals surface area (Å²) in [6, 6.07) is 0. The third-order valence-electron chi connectivity index (χ3n) is 5.77. The van der Waals surface area contributed by atoms with Gasteiger partial charge in [-0.3, -0.25) is 9.36 Å². The third-order valence-corrected chi connectivity index (χ3v) is 10.3. The second kappa shape index (κ2) is 7.41. The molecule has 2 aromatic rings. The first-order valence-electron chi connectivity index (χ1n) is 9.47. The number of fused-ring (bicyclic) bond motifs is 1. The van der Waals surface area contributed by atoms with E-state index in [1.807, 2.05) is 4.57 Å². The predicted octanol–water partition coefficient (Wildman–Crippen LogP) is 2.95. The van der Waals surface area contributed by atoms with E-state index in [0.29, 0.717) is 29.8 Å². The van der Waals surface area contributed by atoms with E-state index in [4.69, 9.17) is 20.0 Å². The van der Waals surface area contributed by atoms with Crippen LogP contribution in [0.2, 0.25) is 18.1 Å². The summed E-state index contributed by atoms with van der Waals surface area (Å²) in [6.45, 7) is 10.9. The zero-order valence-corrected chi connectivity index (χ0v) is 18.0. The Morgan fingerprint density at radius 1 is 1.39 bits per heavy atom. The van der Waals surface area contributed by atoms with Crippen molar-refractivity contribution in [1.82, 2.24) is 19.5 Å². The number of hydrogen-bond donors (Lipinski definition) is 2. The van der Waals surface area contributed by atoms with E-state index in [2.05, 4.69) is 48.8 Å². The molecule has 1 saturated heterocycles. The van der Waals surface area contributed by atoms with Gasteiger partial charge in [0.05, 0.1) is 18.5 Å². The van der Waals surface area contributed by atoms with Gasteiger partial charge in [-0.15, -0.1) is 0 Å². The van der Waals surface area contributed by atoms with Gasteiger partial charge in [-0.2, -0.15) is 0 Å². The fourth-order valence-electron chi connectivity index (χ4n) is 3.15. The topological polar surface area (TPSA) is 125 Å². The number of aliphatic carboxylic acids is 1. The molecule has 10 heteroatoms. The van der Waals surface area contributed by atoms with Crippen molar-refractivity contribution in [2.75, 3.05) is 5.73 Å². The molecular weight excluding hydrogens is 378 g/mol. The summed E-state index contributed by atoms with van der Waals surface area (Å²) in [5.41, 5.74) is 7.01. The van der Waals surface area contributed by atoms with Crippen LogP contribution in [0.1, 0.15) is 46.3 Å². The second-order valence-corrected chi connectivity index (χ2v) is 13.6. The minimum Gasteiger partial charge on any atom is -0.481 e. The van der Waals surface area contributed by atoms with Gasteiger partial charge in [0.1, 0.15) is 18.1 Å². The number of hydrogen-bond acceptors (Lipinski definition) is 7. The number of anilines is 1. The summed E-state index contributed by atoms with van der Waals surface area (Å²) in [4.78, 5) is 23.7. The molecule has 0 spiro atoms. The first kappa shape index (κ1) is 20.7. The summed E-state index contributed by atoms with van der Waals surface area (Å²) in [5.74, 6) is -0.523. The van der Waals surface area contributed by atoms with Crippen molar-refractivity contribution in [3.8, 4) is 0 Å². The van der Waals surface area contributed by atoms with Gasteiger partial charge in [-0.25, -0.2) is 15.0 Å². The number of imidazole rings is 1. The molecule has 0 aromatic carbocycles. The van der Waals surface area contributed by atoms with Crippen LogP contribution < -0.4 is 5.73 Å². The van der Waals surface area contributed by atoms with Crippen LogP contribution >= 0.6 is 0 Å². The summed E-state index contributed by atoms with van der Waals surface area (Å²) in [7, 11) is -2.04. The number of ether oxygens (including phenoxy) is 1. The summed E-state index contributed by atoms with van der Waals surface area (Å²) in [5, 5.41) is 9.16. The monoisotopic (exact) mass is 407 g/mol. The van der Waals surface area contributed by atoms with Crippen LogP contribution in [0.5, 0.6) is 0 Å². The van der Waals surface area contributed by atoms with Crippen LogP contribution in [0, 0.1) is 0 Å². The SMILES string of the molecule is CC(C)(C)[Si](C)(C)O[C@H]1C[C@H](n2cnc3c(N)ncnc32)O[C@@H]1CCC(=O)O. The highest BCUT2D eigenvalue weighted by Crippen LogP contribution is 2.42. The fourth-order valence-corrected chi connectivity index (χ4v) is 4.51. The molecule has 0 radical (unpaired) electrons. The largest absolute Gasteiger partial charge is 0.481 e. The molecule has 3 atom stereocenters. The van der Waals surface area contributed by atoms with Crippen LogP contribution in [-0.4, -0.2) is 51.1 Å². The first-order chi connectivity index (χ1) is 13.0. The van der Waals surface area contributed by atoms with Gasteiger partial charge < -0.3 is 20.0 Å². The molecule has 154 valence electrons. The average Bonchev–Trinajstić information content (AvgIpc) is 3.16. The van der Waals surface area contributed by atoms with E-state index in [-0.39, 0.29) is 29.9 Å². The van der Waals surface area contributed by atoms with Gasteiger partial charge in [0.15, 0.2) is 19.8 Å². The Morgan fingerprint density at radius 3 is 2.75 bits per heavy atom. The molecule has 0 unspecified atom stereocenters. The number of nitrogen functional groups attached to an aromatic ring is 1. The molecule has 0 aliphatic carbocycles. The zero-order valence-electron chi connectivity index (χ0n) is 17.0. The van der Waals surface area contributed by atoms with Crippen LogP contribution in [0.3, 0.4) is 0 Å². The van der Waals surface area contributed by atoms with Crippen molar-refractivity contribution in [2.45, 2.75) is 76.6 Å². The van der Waals surface area contributed by atoms with Gasteiger partial charge in [0.25, 0.3) is 0 Å². The molecule has 1 fully saturated rings. The molecule has 2 aromatic heterocycles. The zero-order chi connectivity index (χ0) is 20.7. The highest BCUT2D eigenvalue weighted by molar-refractivity contribution is 6.74. The lowest BCUT2D eigenvalue weighted by atomic mass is 10.1. The molecule has 1 aliphatic heterocycles. The van der Waals surface area contributed by atoms with Crippen LogP contribution in [-0.2, 0) is 14.0 Å². The lowest BCUT2D eigenvalue weighted by molar-refractivity contribution is -0.138. The number of carbonyl (C=O) groups is 1. The Balaban J connectivity index is 1.86. The van der Waals surface area contributed by atoms with E-state index in [1.54, 1.807) is 6.33 Å². The van der Waals surface area contributed by atoms with Crippen molar-refractivity contribution in [3.05, 3.63) is 12.7 Å². The van der Waals surface area contributed by atoms with E-state index in [0.717, 1.165) is 0 Å².